The van der Waals surface area contributed by atoms with Gasteiger partial charge in [0.1, 0.15) is 11.3 Å². The second-order valence-electron chi connectivity index (χ2n) is 7.20. The number of nitrogens with one attached hydrogen (secondary N) is 1. The quantitative estimate of drug-likeness (QED) is 0.406. The first-order chi connectivity index (χ1) is 14.6. The van der Waals surface area contributed by atoms with Crippen LogP contribution in [0.1, 0.15) is 17.5 Å². The molecule has 0 atom stereocenters. The molecule has 2 aromatic carbocycles. The van der Waals surface area contributed by atoms with Crippen LogP contribution in [0.4, 0.5) is 0 Å². The number of hydrogen-bond donors (Lipinski definition) is 1. The van der Waals surface area contributed by atoms with Crippen LogP contribution in [0, 0.1) is 0 Å². The lowest BCUT2D eigenvalue weighted by atomic mass is 10.1. The van der Waals surface area contributed by atoms with Crippen LogP contribution in [0.2, 0.25) is 0 Å². The van der Waals surface area contributed by atoms with E-state index in [0.29, 0.717) is 16.1 Å². The largest absolute Gasteiger partial charge is 0.484 e. The Labute approximate surface area is 175 Å². The van der Waals surface area contributed by atoms with Gasteiger partial charge in [-0.3, -0.25) is 4.79 Å². The Morgan fingerprint density at radius 3 is 2.93 bits per heavy atom. The van der Waals surface area contributed by atoms with Gasteiger partial charge < -0.3 is 13.7 Å². The molecule has 2 aromatic heterocycles. The molecule has 1 N–H and O–H groups in total. The maximum Gasteiger partial charge on any atom is 0.339 e. The fourth-order valence-corrected chi connectivity index (χ4v) is 4.81. The van der Waals surface area contributed by atoms with Crippen LogP contribution in [0.3, 0.4) is 0 Å². The zero-order valence-electron chi connectivity index (χ0n) is 16.3. The molecule has 2 heterocycles. The summed E-state index contributed by atoms with van der Waals surface area (Å²) in [5, 5.41) is 5.13. The van der Waals surface area contributed by atoms with E-state index in [0.717, 1.165) is 46.0 Å². The number of aryl methyl sites for hydroxylation is 2. The van der Waals surface area contributed by atoms with Gasteiger partial charge in [-0.2, -0.15) is 0 Å². The highest BCUT2D eigenvalue weighted by atomic mass is 32.1. The SMILES string of the molecule is Cn1/c(=N/NC(=O)COc2ccc3c4c(c(=O)oc3c2)CCC4)sc2ccccc21. The Kier molecular flexibility index (Phi) is 4.63. The lowest BCUT2D eigenvalue weighted by molar-refractivity contribution is -0.123. The summed E-state index contributed by atoms with van der Waals surface area (Å²) in [5.74, 6) is 0.0918. The predicted molar refractivity (Wildman–Crippen MR) is 115 cm³/mol. The molecule has 0 spiro atoms. The van der Waals surface area contributed by atoms with Gasteiger partial charge in [0, 0.05) is 24.1 Å². The third-order valence-electron chi connectivity index (χ3n) is 5.31. The molecule has 7 nitrogen and oxygen atoms in total. The Morgan fingerprint density at radius 1 is 1.23 bits per heavy atom. The van der Waals surface area contributed by atoms with Gasteiger partial charge in [0.15, 0.2) is 6.61 Å². The van der Waals surface area contributed by atoms with Crippen LogP contribution in [0.15, 0.2) is 56.8 Å². The van der Waals surface area contributed by atoms with Crippen molar-refractivity contribution in [3.8, 4) is 5.75 Å². The van der Waals surface area contributed by atoms with Crippen LogP contribution < -0.4 is 20.6 Å². The number of para-hydroxylation sites is 1. The lowest BCUT2D eigenvalue weighted by Gasteiger charge is -2.08. The number of aromatic nitrogens is 1. The van der Waals surface area contributed by atoms with Crippen molar-refractivity contribution in [2.24, 2.45) is 12.1 Å². The molecule has 4 aromatic rings. The van der Waals surface area contributed by atoms with Gasteiger partial charge in [0.25, 0.3) is 5.91 Å². The minimum Gasteiger partial charge on any atom is -0.484 e. The number of carbonyl (C=O) groups is 1. The highest BCUT2D eigenvalue weighted by Crippen LogP contribution is 2.29. The summed E-state index contributed by atoms with van der Waals surface area (Å²) in [7, 11) is 1.90. The molecule has 0 aliphatic heterocycles. The molecule has 1 amide bonds. The van der Waals surface area contributed by atoms with E-state index in [1.54, 1.807) is 12.1 Å². The van der Waals surface area contributed by atoms with Crippen LogP contribution in [0.25, 0.3) is 21.2 Å². The van der Waals surface area contributed by atoms with Gasteiger partial charge in [0.05, 0.1) is 10.2 Å². The number of amides is 1. The van der Waals surface area contributed by atoms with E-state index in [2.05, 4.69) is 10.5 Å². The topological polar surface area (TPSA) is 85.8 Å². The van der Waals surface area contributed by atoms with Crippen molar-refractivity contribution in [3.05, 3.63) is 68.8 Å². The summed E-state index contributed by atoms with van der Waals surface area (Å²) in [4.78, 5) is 25.0. The molecule has 0 fully saturated rings. The monoisotopic (exact) mass is 421 g/mol. The zero-order chi connectivity index (χ0) is 20.7. The van der Waals surface area contributed by atoms with Gasteiger partial charge in [-0.1, -0.05) is 23.5 Å². The van der Waals surface area contributed by atoms with E-state index in [4.69, 9.17) is 9.15 Å². The second kappa shape index (κ2) is 7.46. The molecule has 0 unspecified atom stereocenters. The molecule has 0 bridgehead atoms. The number of fused-ring (bicyclic) bond motifs is 4. The third-order valence-corrected chi connectivity index (χ3v) is 6.42. The number of rotatable bonds is 4. The van der Waals surface area contributed by atoms with Crippen molar-refractivity contribution in [2.75, 3.05) is 6.61 Å². The minimum atomic E-state index is -0.372. The summed E-state index contributed by atoms with van der Waals surface area (Å²) < 4.78 is 14.0. The highest BCUT2D eigenvalue weighted by Gasteiger charge is 2.19. The molecule has 0 radical (unpaired) electrons. The molecule has 5 rings (SSSR count). The van der Waals surface area contributed by atoms with Crippen molar-refractivity contribution < 1.29 is 13.9 Å². The van der Waals surface area contributed by atoms with Crippen molar-refractivity contribution in [1.29, 1.82) is 0 Å². The molecule has 0 saturated carbocycles. The first-order valence-corrected chi connectivity index (χ1v) is 10.5. The first-order valence-electron chi connectivity index (χ1n) is 9.69. The number of hydrogen-bond acceptors (Lipinski definition) is 6. The summed E-state index contributed by atoms with van der Waals surface area (Å²) in [6.45, 7) is -0.196. The molecule has 8 heteroatoms. The normalized spacial score (nSPS) is 13.7. The zero-order valence-corrected chi connectivity index (χ0v) is 17.1. The van der Waals surface area contributed by atoms with E-state index in [-0.39, 0.29) is 18.1 Å². The van der Waals surface area contributed by atoms with Crippen molar-refractivity contribution >= 4 is 38.4 Å². The first kappa shape index (κ1) is 18.6. The Bertz CT molecular complexity index is 1410. The van der Waals surface area contributed by atoms with Gasteiger partial charge >= 0.3 is 5.63 Å². The Morgan fingerprint density at radius 2 is 2.07 bits per heavy atom. The Balaban J connectivity index is 1.30. The highest BCUT2D eigenvalue weighted by molar-refractivity contribution is 7.16. The van der Waals surface area contributed by atoms with E-state index in [9.17, 15) is 9.59 Å². The van der Waals surface area contributed by atoms with E-state index in [1.807, 2.05) is 41.9 Å². The van der Waals surface area contributed by atoms with Crippen LogP contribution >= 0.6 is 11.3 Å². The molecule has 1 aliphatic rings. The molecular formula is C22H19N3O4S. The number of carbonyl (C=O) groups excluding carboxylic acids is 1. The summed E-state index contributed by atoms with van der Waals surface area (Å²) in [6.07, 6.45) is 2.63. The van der Waals surface area contributed by atoms with Crippen molar-refractivity contribution in [2.45, 2.75) is 19.3 Å². The molecule has 0 saturated heterocycles. The molecule has 30 heavy (non-hydrogen) atoms. The molecular weight excluding hydrogens is 402 g/mol. The number of benzene rings is 2. The number of thiazole rings is 1. The van der Waals surface area contributed by atoms with E-state index in [1.165, 1.54) is 11.3 Å². The maximum absolute atomic E-state index is 12.2. The smallest absolute Gasteiger partial charge is 0.339 e. The summed E-state index contributed by atoms with van der Waals surface area (Å²) >= 11 is 1.49. The third kappa shape index (κ3) is 3.29. The number of nitrogens with zero attached hydrogens (tertiary/aromatic N) is 2. The average Bonchev–Trinajstić information content (AvgIpc) is 3.37. The summed E-state index contributed by atoms with van der Waals surface area (Å²) in [5.41, 5.74) is 5.64. The lowest BCUT2D eigenvalue weighted by Crippen LogP contribution is -2.27. The van der Waals surface area contributed by atoms with Gasteiger partial charge in [0.2, 0.25) is 4.80 Å². The van der Waals surface area contributed by atoms with Gasteiger partial charge in [-0.15, -0.1) is 5.10 Å². The van der Waals surface area contributed by atoms with Gasteiger partial charge in [-0.25, -0.2) is 10.2 Å². The maximum atomic E-state index is 12.2. The minimum absolute atomic E-state index is 0.196. The molecule has 1 aliphatic carbocycles. The van der Waals surface area contributed by atoms with Crippen LogP contribution in [-0.2, 0) is 24.7 Å². The predicted octanol–water partition coefficient (Wildman–Crippen LogP) is 2.85. The average molecular weight is 421 g/mol. The second-order valence-corrected chi connectivity index (χ2v) is 8.21. The van der Waals surface area contributed by atoms with Crippen LogP contribution in [-0.4, -0.2) is 17.1 Å². The van der Waals surface area contributed by atoms with E-state index < -0.39 is 0 Å². The van der Waals surface area contributed by atoms with Crippen LogP contribution in [0.5, 0.6) is 5.75 Å². The number of ether oxygens (including phenoxy) is 1. The molecule has 152 valence electrons. The summed E-state index contributed by atoms with van der Waals surface area (Å²) in [6, 6.07) is 13.3. The van der Waals surface area contributed by atoms with Crippen molar-refractivity contribution in [1.82, 2.24) is 9.99 Å². The van der Waals surface area contributed by atoms with Crippen molar-refractivity contribution in [3.63, 3.8) is 0 Å². The standard InChI is InChI=1S/C22H19N3O4S/c1-25-17-7-2-3-8-19(17)30-22(25)24-23-20(26)12-28-13-9-10-15-14-5-4-6-16(14)21(27)29-18(15)11-13/h2-3,7-11H,4-6,12H2,1H3,(H,23,26)/b24-22-. The Hall–Kier alpha value is -3.39. The fourth-order valence-electron chi connectivity index (χ4n) is 3.83. The fraction of sp³-hybridized carbons (Fsp3) is 0.227. The van der Waals surface area contributed by atoms with Gasteiger partial charge in [-0.05, 0) is 49.1 Å². The van der Waals surface area contributed by atoms with E-state index >= 15 is 0 Å².